The number of hydrogen-bond acceptors (Lipinski definition) is 8. The van der Waals surface area contributed by atoms with Gasteiger partial charge in [0.05, 0.1) is 41.4 Å². The molecular weight excluding hydrogens is 564 g/mol. The van der Waals surface area contributed by atoms with Crippen molar-refractivity contribution in [3.8, 4) is 0 Å². The molecule has 1 aromatic rings. The zero-order valence-electron chi connectivity index (χ0n) is 23.3. The van der Waals surface area contributed by atoms with Crippen LogP contribution in [-0.4, -0.2) is 84.6 Å². The Labute approximate surface area is 243 Å². The Morgan fingerprint density at radius 3 is 2.38 bits per heavy atom. The predicted octanol–water partition coefficient (Wildman–Crippen LogP) is 1.93. The van der Waals surface area contributed by atoms with Gasteiger partial charge in [-0.25, -0.2) is 8.42 Å². The first-order chi connectivity index (χ1) is 19.9. The van der Waals surface area contributed by atoms with Gasteiger partial charge in [-0.1, -0.05) is 24.3 Å². The van der Waals surface area contributed by atoms with E-state index in [4.69, 9.17) is 4.74 Å². The Kier molecular flexibility index (Phi) is 6.06. The molecule has 0 bridgehead atoms. The molecule has 1 aromatic carbocycles. The third kappa shape index (κ3) is 3.53. The first-order valence-corrected chi connectivity index (χ1v) is 15.8. The molecule has 4 saturated heterocycles. The maximum Gasteiger partial charge on any atom is 0.289 e. The molecule has 0 aromatic heterocycles. The van der Waals surface area contributed by atoms with Crippen molar-refractivity contribution in [2.75, 3.05) is 27.2 Å². The number of benzene rings is 1. The van der Waals surface area contributed by atoms with Crippen LogP contribution in [0.5, 0.6) is 0 Å². The topological polar surface area (TPSA) is 147 Å². The molecule has 222 valence electrons. The van der Waals surface area contributed by atoms with Gasteiger partial charge in [0.2, 0.25) is 27.7 Å². The van der Waals surface area contributed by atoms with Crippen LogP contribution in [0.1, 0.15) is 25.7 Å². The average molecular weight is 597 g/mol. The molecule has 0 N–H and O–H groups in total. The van der Waals surface area contributed by atoms with E-state index in [2.05, 4.69) is 6.58 Å². The van der Waals surface area contributed by atoms with Crippen LogP contribution in [0.2, 0.25) is 0 Å². The van der Waals surface area contributed by atoms with E-state index in [1.54, 1.807) is 11.9 Å². The highest BCUT2D eigenvalue weighted by Gasteiger charge is 2.63. The molecule has 7 rings (SSSR count). The van der Waals surface area contributed by atoms with E-state index in [9.17, 15) is 32.9 Å². The molecule has 0 spiro atoms. The van der Waals surface area contributed by atoms with Gasteiger partial charge >= 0.3 is 0 Å². The number of hydrogen-bond donors (Lipinski definition) is 0. The molecule has 4 aliphatic heterocycles. The fourth-order valence-corrected chi connectivity index (χ4v) is 10.6. The lowest BCUT2D eigenvalue weighted by Crippen LogP contribution is -2.47. The van der Waals surface area contributed by atoms with Gasteiger partial charge in [0.25, 0.3) is 5.69 Å². The summed E-state index contributed by atoms with van der Waals surface area (Å²) in [6, 6.07) is 4.68. The molecule has 1 saturated carbocycles. The molecule has 13 heteroatoms. The highest BCUT2D eigenvalue weighted by molar-refractivity contribution is 7.89. The Balaban J connectivity index is 1.33. The number of likely N-dealkylation sites (tertiary alicyclic amines) is 2. The second kappa shape index (κ2) is 9.29. The van der Waals surface area contributed by atoms with Gasteiger partial charge in [0, 0.05) is 44.2 Å². The van der Waals surface area contributed by atoms with Crippen LogP contribution in [0, 0.1) is 45.6 Å². The standard InChI is InChI=1S/C29H32N4O8S/c1-14-15-11-17-16(12-18(15)27(34)30(14)2)23-19(25-24(17)28(35)31(3)29(25)36)13-41-26(23)21-8-6-10-32(21)42(39,40)22-9-5-4-7-20(22)33(37)38/h4-5,7,9,15,17-19,21,24-26H,1,6,8,10-13H2,2-3H3/t15?,17?,18?,19?,21-,24?,25?,26-/m1/s1. The molecule has 4 heterocycles. The summed E-state index contributed by atoms with van der Waals surface area (Å²) in [5.74, 6) is -2.84. The lowest BCUT2D eigenvalue weighted by molar-refractivity contribution is -0.387. The van der Waals surface area contributed by atoms with E-state index < -0.39 is 50.5 Å². The maximum atomic E-state index is 13.9. The zero-order valence-corrected chi connectivity index (χ0v) is 24.2. The number of imide groups is 1. The Morgan fingerprint density at radius 1 is 0.976 bits per heavy atom. The molecule has 5 fully saturated rings. The van der Waals surface area contributed by atoms with Crippen molar-refractivity contribution in [1.29, 1.82) is 0 Å². The molecule has 6 aliphatic rings. The summed E-state index contributed by atoms with van der Waals surface area (Å²) in [4.78, 5) is 53.6. The summed E-state index contributed by atoms with van der Waals surface area (Å²) in [5, 5.41) is 11.7. The van der Waals surface area contributed by atoms with Crippen molar-refractivity contribution >= 4 is 33.4 Å². The average Bonchev–Trinajstić information content (AvgIpc) is 3.73. The summed E-state index contributed by atoms with van der Waals surface area (Å²) in [6.45, 7) is 4.49. The van der Waals surface area contributed by atoms with E-state index in [0.29, 0.717) is 25.7 Å². The van der Waals surface area contributed by atoms with Gasteiger partial charge in [-0.2, -0.15) is 4.31 Å². The summed E-state index contributed by atoms with van der Waals surface area (Å²) in [5.41, 5.74) is 2.01. The van der Waals surface area contributed by atoms with Crippen molar-refractivity contribution in [3.05, 3.63) is 57.8 Å². The summed E-state index contributed by atoms with van der Waals surface area (Å²) in [7, 11) is -1.05. The minimum atomic E-state index is -4.26. The third-order valence-corrected chi connectivity index (χ3v) is 12.6. The van der Waals surface area contributed by atoms with Crippen molar-refractivity contribution in [2.45, 2.75) is 42.7 Å². The van der Waals surface area contributed by atoms with Gasteiger partial charge in [0.15, 0.2) is 4.90 Å². The summed E-state index contributed by atoms with van der Waals surface area (Å²) < 4.78 is 35.6. The van der Waals surface area contributed by atoms with Gasteiger partial charge in [-0.15, -0.1) is 0 Å². The Morgan fingerprint density at radius 2 is 1.67 bits per heavy atom. The van der Waals surface area contributed by atoms with E-state index in [0.717, 1.165) is 16.8 Å². The van der Waals surface area contributed by atoms with Gasteiger partial charge in [-0.05, 0) is 43.2 Å². The monoisotopic (exact) mass is 596 g/mol. The Hall–Kier alpha value is -3.42. The van der Waals surface area contributed by atoms with Crippen molar-refractivity contribution in [3.63, 3.8) is 0 Å². The number of amides is 3. The summed E-state index contributed by atoms with van der Waals surface area (Å²) in [6.07, 6.45) is 1.25. The number of fused-ring (bicyclic) bond motifs is 6. The molecule has 2 aliphatic carbocycles. The van der Waals surface area contributed by atoms with E-state index in [1.807, 2.05) is 0 Å². The molecule has 6 unspecified atom stereocenters. The number of carbonyl (C=O) groups is 3. The fraction of sp³-hybridized carbons (Fsp3) is 0.552. The van der Waals surface area contributed by atoms with Crippen LogP contribution >= 0.6 is 0 Å². The number of ether oxygens (including phenoxy) is 1. The quantitative estimate of drug-likeness (QED) is 0.222. The SMILES string of the molecule is C=C1C2CC3C(=C4C(CO[C@@H]4[C@H]4CCCN4S(=O)(=O)c4ccccc4[N+](=O)[O-])C4C(=O)N(C)C(=O)C34)CC2C(=O)N1C. The first kappa shape index (κ1) is 27.4. The van der Waals surface area contributed by atoms with Crippen molar-refractivity contribution in [2.24, 2.45) is 35.5 Å². The third-order valence-electron chi connectivity index (χ3n) is 10.7. The number of sulfonamides is 1. The molecule has 8 atom stereocenters. The van der Waals surface area contributed by atoms with Crippen LogP contribution in [0.15, 0.2) is 52.6 Å². The number of carbonyl (C=O) groups excluding carboxylic acids is 3. The van der Waals surface area contributed by atoms with Gasteiger partial charge in [-0.3, -0.25) is 29.4 Å². The minimum Gasteiger partial charge on any atom is -0.372 e. The number of allylic oxidation sites excluding steroid dienone is 2. The normalized spacial score (nSPS) is 36.4. The predicted molar refractivity (Wildman–Crippen MR) is 147 cm³/mol. The fourth-order valence-electron chi connectivity index (χ4n) is 8.73. The highest BCUT2D eigenvalue weighted by Crippen LogP contribution is 2.59. The lowest BCUT2D eigenvalue weighted by atomic mass is 9.57. The molecule has 12 nitrogen and oxygen atoms in total. The molecule has 0 radical (unpaired) electrons. The number of rotatable bonds is 4. The smallest absolute Gasteiger partial charge is 0.289 e. The number of nitrogens with zero attached hydrogens (tertiary/aromatic N) is 4. The lowest BCUT2D eigenvalue weighted by Gasteiger charge is -2.44. The van der Waals surface area contributed by atoms with Crippen LogP contribution in [0.25, 0.3) is 0 Å². The molecular formula is C29H32N4O8S. The van der Waals surface area contributed by atoms with E-state index >= 15 is 0 Å². The maximum absolute atomic E-state index is 13.9. The zero-order chi connectivity index (χ0) is 29.8. The second-order valence-corrected chi connectivity index (χ2v) is 14.2. The number of para-hydroxylation sites is 1. The van der Waals surface area contributed by atoms with Crippen LogP contribution in [-0.2, 0) is 29.1 Å². The largest absolute Gasteiger partial charge is 0.372 e. The van der Waals surface area contributed by atoms with Crippen LogP contribution < -0.4 is 0 Å². The minimum absolute atomic E-state index is 0.0295. The molecule has 3 amide bonds. The number of nitro groups is 1. The van der Waals surface area contributed by atoms with Crippen LogP contribution in [0.4, 0.5) is 5.69 Å². The molecule has 42 heavy (non-hydrogen) atoms. The Bertz CT molecular complexity index is 1600. The van der Waals surface area contributed by atoms with E-state index in [1.165, 1.54) is 40.5 Å². The first-order valence-electron chi connectivity index (χ1n) is 14.3. The summed E-state index contributed by atoms with van der Waals surface area (Å²) >= 11 is 0. The van der Waals surface area contributed by atoms with E-state index in [-0.39, 0.29) is 53.5 Å². The second-order valence-electron chi connectivity index (χ2n) is 12.3. The number of nitro benzene ring substituents is 1. The highest BCUT2D eigenvalue weighted by atomic mass is 32.2. The van der Waals surface area contributed by atoms with Gasteiger partial charge in [0.1, 0.15) is 0 Å². The van der Waals surface area contributed by atoms with Crippen molar-refractivity contribution < 1.29 is 32.5 Å². The van der Waals surface area contributed by atoms with Gasteiger partial charge < -0.3 is 9.64 Å². The van der Waals surface area contributed by atoms with Crippen molar-refractivity contribution in [1.82, 2.24) is 14.1 Å². The van der Waals surface area contributed by atoms with Crippen LogP contribution in [0.3, 0.4) is 0 Å².